The van der Waals surface area contributed by atoms with E-state index in [9.17, 15) is 0 Å². The van der Waals surface area contributed by atoms with E-state index in [1.807, 2.05) is 60.7 Å². The van der Waals surface area contributed by atoms with Gasteiger partial charge in [0.2, 0.25) is 0 Å². The van der Waals surface area contributed by atoms with E-state index in [0.29, 0.717) is 17.5 Å². The van der Waals surface area contributed by atoms with E-state index < -0.39 is 0 Å². The summed E-state index contributed by atoms with van der Waals surface area (Å²) in [6.07, 6.45) is 0. The van der Waals surface area contributed by atoms with E-state index in [1.54, 1.807) is 0 Å². The van der Waals surface area contributed by atoms with Gasteiger partial charge in [-0.2, -0.15) is 0 Å². The van der Waals surface area contributed by atoms with Gasteiger partial charge in [0.05, 0.1) is 16.7 Å². The zero-order valence-electron chi connectivity index (χ0n) is 30.2. The van der Waals surface area contributed by atoms with Gasteiger partial charge in [-0.1, -0.05) is 164 Å². The first kappa shape index (κ1) is 31.9. The van der Waals surface area contributed by atoms with E-state index in [0.717, 1.165) is 66.5 Å². The molecule has 0 amide bonds. The van der Waals surface area contributed by atoms with Crippen molar-refractivity contribution in [2.45, 2.75) is 0 Å². The Morgan fingerprint density at radius 1 is 0.321 bits per heavy atom. The minimum Gasteiger partial charge on any atom is -0.454 e. The molecule has 0 spiro atoms. The molecule has 0 aliphatic rings. The fourth-order valence-corrected chi connectivity index (χ4v) is 7.93. The third-order valence-electron chi connectivity index (χ3n) is 10.7. The molecule has 0 saturated carbocycles. The van der Waals surface area contributed by atoms with Crippen molar-refractivity contribution in [2.75, 3.05) is 0 Å². The van der Waals surface area contributed by atoms with E-state index in [2.05, 4.69) is 138 Å². The molecule has 0 N–H and O–H groups in total. The lowest BCUT2D eigenvalue weighted by Crippen LogP contribution is -2.00. The van der Waals surface area contributed by atoms with Gasteiger partial charge < -0.3 is 8.98 Å². The number of para-hydroxylation sites is 2. The van der Waals surface area contributed by atoms with Crippen LogP contribution in [-0.2, 0) is 0 Å². The second-order valence-electron chi connectivity index (χ2n) is 14.0. The molecule has 5 heteroatoms. The van der Waals surface area contributed by atoms with Gasteiger partial charge in [0.25, 0.3) is 0 Å². The minimum atomic E-state index is 0.630. The molecule has 5 nitrogen and oxygen atoms in total. The van der Waals surface area contributed by atoms with Crippen molar-refractivity contribution in [3.8, 4) is 62.1 Å². The maximum absolute atomic E-state index is 6.84. The molecule has 0 bridgehead atoms. The molecular weight excluding hydrogens is 685 g/mol. The summed E-state index contributed by atoms with van der Waals surface area (Å²) < 4.78 is 9.19. The quantitative estimate of drug-likeness (QED) is 0.172. The van der Waals surface area contributed by atoms with Gasteiger partial charge in [0.1, 0.15) is 5.58 Å². The van der Waals surface area contributed by atoms with Crippen LogP contribution in [0.15, 0.2) is 199 Å². The van der Waals surface area contributed by atoms with Crippen LogP contribution in [0.5, 0.6) is 0 Å². The van der Waals surface area contributed by atoms with Crippen molar-refractivity contribution in [1.82, 2.24) is 19.5 Å². The van der Waals surface area contributed by atoms with Crippen molar-refractivity contribution in [1.29, 1.82) is 0 Å². The lowest BCUT2D eigenvalue weighted by atomic mass is 10.0. The minimum absolute atomic E-state index is 0.630. The highest BCUT2D eigenvalue weighted by Gasteiger charge is 2.19. The van der Waals surface area contributed by atoms with Crippen LogP contribution in [0.1, 0.15) is 0 Å². The molecule has 0 aliphatic heterocycles. The van der Waals surface area contributed by atoms with E-state index in [-0.39, 0.29) is 0 Å². The molecule has 0 atom stereocenters. The highest BCUT2D eigenvalue weighted by atomic mass is 16.3. The van der Waals surface area contributed by atoms with Gasteiger partial charge in [0.15, 0.2) is 23.1 Å². The van der Waals surface area contributed by atoms with Crippen molar-refractivity contribution < 1.29 is 4.42 Å². The summed E-state index contributed by atoms with van der Waals surface area (Å²) >= 11 is 0. The van der Waals surface area contributed by atoms with Crippen LogP contribution in [0.2, 0.25) is 0 Å². The fourth-order valence-electron chi connectivity index (χ4n) is 7.93. The predicted octanol–water partition coefficient (Wildman–Crippen LogP) is 13.2. The first-order valence-corrected chi connectivity index (χ1v) is 18.8. The SMILES string of the molecule is c1ccc(-c2ccc3c4ccccc4n(-c4cccc5c4oc4cc(-c6ccc(-c7nc(-c8ccccc8)nc(-c8ccccc8)n7)cc6)ccc45)c3c2)cc1. The Kier molecular flexibility index (Phi) is 7.42. The first-order chi connectivity index (χ1) is 27.7. The average molecular weight is 717 g/mol. The van der Waals surface area contributed by atoms with Gasteiger partial charge in [-0.25, -0.2) is 15.0 Å². The molecule has 262 valence electrons. The molecule has 3 heterocycles. The van der Waals surface area contributed by atoms with Crippen LogP contribution >= 0.6 is 0 Å². The second-order valence-corrected chi connectivity index (χ2v) is 14.0. The lowest BCUT2D eigenvalue weighted by Gasteiger charge is -2.09. The number of hydrogen-bond acceptors (Lipinski definition) is 4. The van der Waals surface area contributed by atoms with Crippen molar-refractivity contribution in [2.24, 2.45) is 0 Å². The Bertz CT molecular complexity index is 3160. The Morgan fingerprint density at radius 2 is 0.786 bits per heavy atom. The summed E-state index contributed by atoms with van der Waals surface area (Å²) in [6, 6.07) is 67.4. The van der Waals surface area contributed by atoms with Crippen LogP contribution in [0.25, 0.3) is 106 Å². The van der Waals surface area contributed by atoms with Crippen molar-refractivity contribution in [3.05, 3.63) is 194 Å². The average Bonchev–Trinajstić information content (AvgIpc) is 3.82. The molecule has 11 rings (SSSR count). The Hall–Kier alpha value is -7.63. The zero-order chi connectivity index (χ0) is 37.0. The summed E-state index contributed by atoms with van der Waals surface area (Å²) in [5, 5.41) is 4.59. The first-order valence-electron chi connectivity index (χ1n) is 18.8. The summed E-state index contributed by atoms with van der Waals surface area (Å²) in [4.78, 5) is 14.7. The summed E-state index contributed by atoms with van der Waals surface area (Å²) in [6.45, 7) is 0. The van der Waals surface area contributed by atoms with Crippen molar-refractivity contribution >= 4 is 43.7 Å². The molecule has 3 aromatic heterocycles. The molecule has 0 fully saturated rings. The van der Waals surface area contributed by atoms with Crippen LogP contribution in [0, 0.1) is 0 Å². The fraction of sp³-hybridized carbons (Fsp3) is 0. The maximum atomic E-state index is 6.84. The standard InChI is InChI=1S/C51H32N4O/c1-4-13-33(14-5-1)38-27-29-41-40-19-10-11-21-44(40)55(46(41)31-38)45-22-12-20-43-42-30-28-39(32-47(42)56-48(43)45)34-23-25-37(26-24-34)51-53-49(35-15-6-2-7-16-35)52-50(54-51)36-17-8-3-9-18-36/h1-32H. The van der Waals surface area contributed by atoms with Crippen molar-refractivity contribution in [3.63, 3.8) is 0 Å². The number of aromatic nitrogens is 4. The van der Waals surface area contributed by atoms with E-state index in [4.69, 9.17) is 19.4 Å². The highest BCUT2D eigenvalue weighted by Crippen LogP contribution is 2.40. The van der Waals surface area contributed by atoms with Gasteiger partial charge in [-0.05, 0) is 52.6 Å². The summed E-state index contributed by atoms with van der Waals surface area (Å²) in [5.41, 5.74) is 12.3. The van der Waals surface area contributed by atoms with Crippen LogP contribution < -0.4 is 0 Å². The zero-order valence-corrected chi connectivity index (χ0v) is 30.2. The summed E-state index contributed by atoms with van der Waals surface area (Å²) in [5.74, 6) is 1.92. The molecule has 0 saturated heterocycles. The van der Waals surface area contributed by atoms with E-state index in [1.165, 1.54) is 21.9 Å². The Balaban J connectivity index is 0.998. The number of fused-ring (bicyclic) bond motifs is 6. The molecule has 0 radical (unpaired) electrons. The van der Waals surface area contributed by atoms with Gasteiger partial charge >= 0.3 is 0 Å². The van der Waals surface area contributed by atoms with Gasteiger partial charge in [-0.3, -0.25) is 0 Å². The topological polar surface area (TPSA) is 56.7 Å². The normalized spacial score (nSPS) is 11.6. The number of hydrogen-bond donors (Lipinski definition) is 0. The monoisotopic (exact) mass is 716 g/mol. The number of benzene rings is 8. The van der Waals surface area contributed by atoms with Gasteiger partial charge in [0, 0.05) is 38.2 Å². The predicted molar refractivity (Wildman–Crippen MR) is 229 cm³/mol. The van der Waals surface area contributed by atoms with Crippen LogP contribution in [0.3, 0.4) is 0 Å². The summed E-state index contributed by atoms with van der Waals surface area (Å²) in [7, 11) is 0. The smallest absolute Gasteiger partial charge is 0.164 e. The number of furan rings is 1. The molecule has 8 aromatic carbocycles. The Morgan fingerprint density at radius 3 is 1.45 bits per heavy atom. The largest absolute Gasteiger partial charge is 0.454 e. The molecule has 0 aliphatic carbocycles. The number of nitrogens with zero attached hydrogens (tertiary/aromatic N) is 4. The second kappa shape index (κ2) is 13.0. The van der Waals surface area contributed by atoms with Crippen LogP contribution in [-0.4, -0.2) is 19.5 Å². The molecular formula is C51H32N4O. The lowest BCUT2D eigenvalue weighted by molar-refractivity contribution is 0.666. The third-order valence-corrected chi connectivity index (χ3v) is 10.7. The van der Waals surface area contributed by atoms with Crippen LogP contribution in [0.4, 0.5) is 0 Å². The molecule has 56 heavy (non-hydrogen) atoms. The highest BCUT2D eigenvalue weighted by molar-refractivity contribution is 6.13. The maximum Gasteiger partial charge on any atom is 0.164 e. The molecule has 11 aromatic rings. The van der Waals surface area contributed by atoms with E-state index >= 15 is 0 Å². The number of rotatable bonds is 6. The Labute approximate surface area is 322 Å². The molecule has 0 unspecified atom stereocenters. The third kappa shape index (κ3) is 5.37. The van der Waals surface area contributed by atoms with Gasteiger partial charge in [-0.15, -0.1) is 0 Å².